The topological polar surface area (TPSA) is 90.3 Å². The van der Waals surface area contributed by atoms with E-state index in [2.05, 4.69) is 20.2 Å². The molecular formula is C13H17N5O2. The maximum atomic E-state index is 11.8. The molecule has 20 heavy (non-hydrogen) atoms. The van der Waals surface area contributed by atoms with Gasteiger partial charge >= 0.3 is 0 Å². The molecule has 1 aliphatic rings. The number of carbonyl (C=O) groups is 1. The molecule has 1 amide bonds. The monoisotopic (exact) mass is 275 g/mol. The van der Waals surface area contributed by atoms with Gasteiger partial charge in [-0.1, -0.05) is 17.2 Å². The van der Waals surface area contributed by atoms with Gasteiger partial charge < -0.3 is 10.1 Å². The number of nitrogens with zero attached hydrogens (tertiary/aromatic N) is 4. The predicted octanol–water partition coefficient (Wildman–Crippen LogP) is 2.29. The summed E-state index contributed by atoms with van der Waals surface area (Å²) in [5.74, 6) is -0.0203. The van der Waals surface area contributed by atoms with E-state index >= 15 is 0 Å². The molecule has 1 N–H and O–H groups in total. The van der Waals surface area contributed by atoms with Crippen LogP contribution < -0.4 is 5.32 Å². The summed E-state index contributed by atoms with van der Waals surface area (Å²) >= 11 is 0. The van der Waals surface area contributed by atoms with Gasteiger partial charge in [-0.05, 0) is 17.7 Å². The van der Waals surface area contributed by atoms with Crippen LogP contribution in [-0.2, 0) is 9.53 Å². The largest absolute Gasteiger partial charge is 0.379 e. The molecule has 2 rings (SSSR count). The summed E-state index contributed by atoms with van der Waals surface area (Å²) in [5, 5.41) is 6.29. The van der Waals surface area contributed by atoms with Crippen molar-refractivity contribution in [1.29, 1.82) is 0 Å². The van der Waals surface area contributed by atoms with Crippen LogP contribution in [0.25, 0.3) is 10.4 Å². The average molecular weight is 275 g/mol. The first-order valence-corrected chi connectivity index (χ1v) is 6.53. The van der Waals surface area contributed by atoms with Crippen LogP contribution in [0.15, 0.2) is 29.4 Å². The minimum Gasteiger partial charge on any atom is -0.379 e. The number of rotatable bonds is 5. The van der Waals surface area contributed by atoms with Crippen molar-refractivity contribution >= 4 is 17.3 Å². The fraction of sp³-hybridized carbons (Fsp3) is 0.462. The first kappa shape index (κ1) is 14.3. The van der Waals surface area contributed by atoms with E-state index in [0.717, 1.165) is 32.8 Å². The van der Waals surface area contributed by atoms with Crippen LogP contribution in [0.2, 0.25) is 0 Å². The molecule has 1 heterocycles. The van der Waals surface area contributed by atoms with Crippen molar-refractivity contribution in [2.45, 2.75) is 6.42 Å². The molecule has 0 atom stereocenters. The quantitative estimate of drug-likeness (QED) is 0.507. The molecular weight excluding hydrogens is 258 g/mol. The van der Waals surface area contributed by atoms with E-state index in [4.69, 9.17) is 10.3 Å². The zero-order chi connectivity index (χ0) is 14.2. The van der Waals surface area contributed by atoms with Crippen LogP contribution in [0, 0.1) is 0 Å². The number of benzene rings is 1. The van der Waals surface area contributed by atoms with Crippen LogP contribution in [0.4, 0.5) is 11.4 Å². The highest BCUT2D eigenvalue weighted by Gasteiger charge is 2.11. The fourth-order valence-corrected chi connectivity index (χ4v) is 1.97. The van der Waals surface area contributed by atoms with Crippen LogP contribution in [-0.4, -0.2) is 43.7 Å². The van der Waals surface area contributed by atoms with E-state index in [9.17, 15) is 4.79 Å². The van der Waals surface area contributed by atoms with E-state index in [-0.39, 0.29) is 5.91 Å². The Bertz CT molecular complexity index is 490. The van der Waals surface area contributed by atoms with E-state index in [1.165, 1.54) is 0 Å². The summed E-state index contributed by atoms with van der Waals surface area (Å²) in [6.45, 7) is 3.99. The van der Waals surface area contributed by atoms with Crippen molar-refractivity contribution in [1.82, 2.24) is 4.90 Å². The van der Waals surface area contributed by atoms with Gasteiger partial charge in [0.1, 0.15) is 0 Å². The number of hydrogen-bond donors (Lipinski definition) is 1. The zero-order valence-electron chi connectivity index (χ0n) is 11.2. The molecule has 1 saturated heterocycles. The summed E-state index contributed by atoms with van der Waals surface area (Å²) in [7, 11) is 0. The Morgan fingerprint density at radius 3 is 2.70 bits per heavy atom. The first-order chi connectivity index (χ1) is 9.78. The van der Waals surface area contributed by atoms with Crippen LogP contribution in [0.1, 0.15) is 6.42 Å². The van der Waals surface area contributed by atoms with Gasteiger partial charge in [0.25, 0.3) is 0 Å². The zero-order valence-corrected chi connectivity index (χ0v) is 11.2. The molecule has 1 aliphatic heterocycles. The van der Waals surface area contributed by atoms with Gasteiger partial charge in [0.05, 0.1) is 13.2 Å². The third-order valence-corrected chi connectivity index (χ3v) is 3.07. The Hall–Kier alpha value is -2.08. The lowest BCUT2D eigenvalue weighted by Gasteiger charge is -2.26. The first-order valence-electron chi connectivity index (χ1n) is 6.53. The Morgan fingerprint density at radius 1 is 1.35 bits per heavy atom. The van der Waals surface area contributed by atoms with Crippen LogP contribution >= 0.6 is 0 Å². The third kappa shape index (κ3) is 4.55. The maximum Gasteiger partial charge on any atom is 0.225 e. The standard InChI is InChI=1S/C13H17N5O2/c14-17-16-12-3-1-11(2-4-12)15-13(19)5-6-18-7-9-20-10-8-18/h1-4H,5-10H2,(H,15,19). The smallest absolute Gasteiger partial charge is 0.225 e. The van der Waals surface area contributed by atoms with Crippen molar-refractivity contribution in [3.05, 3.63) is 34.7 Å². The van der Waals surface area contributed by atoms with Gasteiger partial charge in [0.2, 0.25) is 5.91 Å². The summed E-state index contributed by atoms with van der Waals surface area (Å²) in [4.78, 5) is 16.7. The van der Waals surface area contributed by atoms with Crippen molar-refractivity contribution in [3.8, 4) is 0 Å². The molecule has 0 bridgehead atoms. The minimum atomic E-state index is -0.0203. The summed E-state index contributed by atoms with van der Waals surface area (Å²) in [6.07, 6.45) is 0.456. The number of anilines is 1. The van der Waals surface area contributed by atoms with Gasteiger partial charge in [0.15, 0.2) is 0 Å². The molecule has 1 aromatic rings. The second-order valence-electron chi connectivity index (χ2n) is 4.49. The molecule has 0 unspecified atom stereocenters. The number of nitrogens with one attached hydrogen (secondary N) is 1. The summed E-state index contributed by atoms with van der Waals surface area (Å²) in [5.41, 5.74) is 9.53. The van der Waals surface area contributed by atoms with Crippen molar-refractivity contribution < 1.29 is 9.53 Å². The number of carbonyl (C=O) groups excluding carboxylic acids is 1. The van der Waals surface area contributed by atoms with E-state index in [1.807, 2.05) is 0 Å². The van der Waals surface area contributed by atoms with Crippen molar-refractivity contribution in [2.24, 2.45) is 5.11 Å². The molecule has 1 fully saturated rings. The highest BCUT2D eigenvalue weighted by Crippen LogP contribution is 2.16. The Kier molecular flexibility index (Phi) is 5.37. The van der Waals surface area contributed by atoms with Gasteiger partial charge in [-0.2, -0.15) is 0 Å². The Balaban J connectivity index is 1.77. The number of azide groups is 1. The van der Waals surface area contributed by atoms with E-state index in [0.29, 0.717) is 17.8 Å². The lowest BCUT2D eigenvalue weighted by Crippen LogP contribution is -2.38. The van der Waals surface area contributed by atoms with Gasteiger partial charge in [-0.3, -0.25) is 9.69 Å². The van der Waals surface area contributed by atoms with Gasteiger partial charge in [0, 0.05) is 42.3 Å². The normalized spacial score (nSPS) is 15.4. The Morgan fingerprint density at radius 2 is 2.05 bits per heavy atom. The highest BCUT2D eigenvalue weighted by atomic mass is 16.5. The summed E-state index contributed by atoms with van der Waals surface area (Å²) in [6, 6.07) is 6.77. The third-order valence-electron chi connectivity index (χ3n) is 3.07. The van der Waals surface area contributed by atoms with Crippen LogP contribution in [0.3, 0.4) is 0 Å². The highest BCUT2D eigenvalue weighted by molar-refractivity contribution is 5.90. The lowest BCUT2D eigenvalue weighted by molar-refractivity contribution is -0.116. The maximum absolute atomic E-state index is 11.8. The molecule has 7 nitrogen and oxygen atoms in total. The Labute approximate surface area is 117 Å². The molecule has 7 heteroatoms. The number of amides is 1. The molecule has 0 saturated carbocycles. The minimum absolute atomic E-state index is 0.0203. The van der Waals surface area contributed by atoms with E-state index in [1.54, 1.807) is 24.3 Å². The van der Waals surface area contributed by atoms with Gasteiger partial charge in [-0.25, -0.2) is 0 Å². The molecule has 0 aromatic heterocycles. The molecule has 0 radical (unpaired) electrons. The van der Waals surface area contributed by atoms with Crippen LogP contribution in [0.5, 0.6) is 0 Å². The summed E-state index contributed by atoms with van der Waals surface area (Å²) < 4.78 is 5.26. The predicted molar refractivity (Wildman–Crippen MR) is 75.8 cm³/mol. The number of ether oxygens (including phenoxy) is 1. The molecule has 1 aromatic carbocycles. The second kappa shape index (κ2) is 7.49. The SMILES string of the molecule is [N-]=[N+]=Nc1ccc(NC(=O)CCN2CCOCC2)cc1. The number of morpholine rings is 1. The fourth-order valence-electron chi connectivity index (χ4n) is 1.97. The van der Waals surface area contributed by atoms with Gasteiger partial charge in [-0.15, -0.1) is 0 Å². The average Bonchev–Trinajstić information content (AvgIpc) is 2.49. The van der Waals surface area contributed by atoms with Crippen molar-refractivity contribution in [2.75, 3.05) is 38.2 Å². The molecule has 0 spiro atoms. The van der Waals surface area contributed by atoms with E-state index < -0.39 is 0 Å². The molecule has 0 aliphatic carbocycles. The number of hydrogen-bond acceptors (Lipinski definition) is 4. The molecule has 106 valence electrons. The van der Waals surface area contributed by atoms with Crippen molar-refractivity contribution in [3.63, 3.8) is 0 Å². The lowest BCUT2D eigenvalue weighted by atomic mass is 10.2. The second-order valence-corrected chi connectivity index (χ2v) is 4.49.